The Morgan fingerprint density at radius 2 is 1.79 bits per heavy atom. The maximum absolute atomic E-state index is 12.4. The van der Waals surface area contributed by atoms with Crippen molar-refractivity contribution < 1.29 is 19.4 Å². The van der Waals surface area contributed by atoms with Crippen molar-refractivity contribution in [2.45, 2.75) is 137 Å². The van der Waals surface area contributed by atoms with Gasteiger partial charge >= 0.3 is 12.1 Å². The quantitative estimate of drug-likeness (QED) is 0.190. The fourth-order valence-corrected chi connectivity index (χ4v) is 9.71. The summed E-state index contributed by atoms with van der Waals surface area (Å²) in [6.45, 7) is 13.0. The van der Waals surface area contributed by atoms with Crippen LogP contribution in [0.2, 0.25) is 0 Å². The molecule has 2 N–H and O–H groups in total. The molecule has 8 atom stereocenters. The van der Waals surface area contributed by atoms with Crippen LogP contribution in [0.5, 0.6) is 0 Å². The molecule has 39 heavy (non-hydrogen) atoms. The number of aliphatic carboxylic acids is 1. The number of carboxylic acid groups (broad SMARTS) is 1. The van der Waals surface area contributed by atoms with Crippen LogP contribution in [-0.2, 0) is 9.53 Å². The maximum atomic E-state index is 12.4. The summed E-state index contributed by atoms with van der Waals surface area (Å²) in [4.78, 5) is 23.0. The third-order valence-corrected chi connectivity index (χ3v) is 11.9. The summed E-state index contributed by atoms with van der Waals surface area (Å²) in [5.74, 6) is 4.29. The number of hydrogen-bond acceptors (Lipinski definition) is 3. The molecular weight excluding hydrogens is 486 g/mol. The van der Waals surface area contributed by atoms with E-state index < -0.39 is 5.97 Å². The van der Waals surface area contributed by atoms with E-state index in [4.69, 9.17) is 9.84 Å². The van der Waals surface area contributed by atoms with E-state index in [1.54, 1.807) is 5.57 Å². The average molecular weight is 544 g/mol. The molecule has 0 spiro atoms. The van der Waals surface area contributed by atoms with Crippen LogP contribution in [0.25, 0.3) is 0 Å². The van der Waals surface area contributed by atoms with Crippen LogP contribution in [0, 0.1) is 46.3 Å². The van der Waals surface area contributed by atoms with Crippen LogP contribution in [0.4, 0.5) is 4.79 Å². The maximum Gasteiger partial charge on any atom is 0.407 e. The highest BCUT2D eigenvalue weighted by atomic mass is 16.6. The number of ether oxygens (including phenoxy) is 1. The van der Waals surface area contributed by atoms with Crippen molar-refractivity contribution in [2.24, 2.45) is 46.3 Å². The van der Waals surface area contributed by atoms with Gasteiger partial charge in [0.15, 0.2) is 0 Å². The fraction of sp³-hybridized carbons (Fsp3) is 0.882. The zero-order chi connectivity index (χ0) is 28.2. The molecule has 0 radical (unpaired) electrons. The number of nitrogens with one attached hydrogen (secondary N) is 1. The normalized spacial score (nSPS) is 36.4. The fourth-order valence-electron chi connectivity index (χ4n) is 9.71. The van der Waals surface area contributed by atoms with Crippen molar-refractivity contribution >= 4 is 12.1 Å². The summed E-state index contributed by atoms with van der Waals surface area (Å²) in [5.41, 5.74) is 2.35. The first-order valence-electron chi connectivity index (χ1n) is 16.4. The van der Waals surface area contributed by atoms with Gasteiger partial charge in [-0.1, -0.05) is 72.0 Å². The van der Waals surface area contributed by atoms with E-state index in [0.29, 0.717) is 18.4 Å². The average Bonchev–Trinajstić information content (AvgIpc) is 3.23. The molecule has 222 valence electrons. The summed E-state index contributed by atoms with van der Waals surface area (Å²) in [6.07, 6.45) is 18.7. The highest BCUT2D eigenvalue weighted by molar-refractivity contribution is 5.67. The molecule has 4 rings (SSSR count). The lowest BCUT2D eigenvalue weighted by Crippen LogP contribution is -2.51. The Labute approximate surface area is 238 Å². The second-order valence-corrected chi connectivity index (χ2v) is 14.7. The first-order valence-corrected chi connectivity index (χ1v) is 16.4. The van der Waals surface area contributed by atoms with Crippen LogP contribution in [0.3, 0.4) is 0 Å². The monoisotopic (exact) mass is 543 g/mol. The van der Waals surface area contributed by atoms with Crippen molar-refractivity contribution in [3.63, 3.8) is 0 Å². The largest absolute Gasteiger partial charge is 0.481 e. The lowest BCUT2D eigenvalue weighted by Gasteiger charge is -2.58. The van der Waals surface area contributed by atoms with Crippen LogP contribution in [0.1, 0.15) is 131 Å². The SMILES string of the molecule is CC(C)CCC[C@@H](C)[C@H]1CCC2C3CC=C4CC(OC(=O)NCCCCCC(=O)O)CC[C@]4(C)C3CC[C@@]21C. The van der Waals surface area contributed by atoms with Gasteiger partial charge in [0.2, 0.25) is 0 Å². The molecule has 0 heterocycles. The third kappa shape index (κ3) is 6.87. The van der Waals surface area contributed by atoms with E-state index in [2.05, 4.69) is 46.0 Å². The molecule has 0 aromatic heterocycles. The van der Waals surface area contributed by atoms with Gasteiger partial charge in [0.25, 0.3) is 0 Å². The minimum absolute atomic E-state index is 0.0238. The zero-order valence-electron chi connectivity index (χ0n) is 25.6. The van der Waals surface area contributed by atoms with Crippen LogP contribution < -0.4 is 5.32 Å². The number of fused-ring (bicyclic) bond motifs is 5. The minimum atomic E-state index is -0.758. The van der Waals surface area contributed by atoms with Crippen molar-refractivity contribution in [1.29, 1.82) is 0 Å². The van der Waals surface area contributed by atoms with E-state index in [1.807, 2.05) is 0 Å². The number of allylic oxidation sites excluding steroid dienone is 1. The standard InChI is InChI=1S/C34H57NO4/c1-23(2)10-9-11-24(3)28-15-16-29-27-14-13-25-22-26(39-32(38)35-21-8-6-7-12-31(36)37)17-19-33(25,4)30(27)18-20-34(28,29)5/h13,23-24,26-30H,6-12,14-22H2,1-5H3,(H,35,38)(H,36,37)/t24-,26?,27?,28-,29?,30?,33+,34-/m1/s1. The zero-order valence-corrected chi connectivity index (χ0v) is 25.6. The first-order chi connectivity index (χ1) is 18.5. The third-order valence-electron chi connectivity index (χ3n) is 11.9. The molecule has 4 aliphatic rings. The van der Waals surface area contributed by atoms with E-state index >= 15 is 0 Å². The lowest BCUT2D eigenvalue weighted by atomic mass is 9.47. The smallest absolute Gasteiger partial charge is 0.407 e. The molecule has 4 aliphatic carbocycles. The van der Waals surface area contributed by atoms with Gasteiger partial charge in [-0.25, -0.2) is 4.79 Å². The Morgan fingerprint density at radius 3 is 2.54 bits per heavy atom. The predicted molar refractivity (Wildman–Crippen MR) is 157 cm³/mol. The topological polar surface area (TPSA) is 75.6 Å². The Hall–Kier alpha value is -1.52. The second kappa shape index (κ2) is 13.0. The number of carbonyl (C=O) groups is 2. The highest BCUT2D eigenvalue weighted by Crippen LogP contribution is 2.67. The Bertz CT molecular complexity index is 882. The molecule has 0 saturated heterocycles. The summed E-state index contributed by atoms with van der Waals surface area (Å²) in [6, 6.07) is 0. The van der Waals surface area contributed by atoms with E-state index in [-0.39, 0.29) is 24.0 Å². The van der Waals surface area contributed by atoms with Gasteiger partial charge in [0.05, 0.1) is 0 Å². The van der Waals surface area contributed by atoms with Crippen molar-refractivity contribution in [3.8, 4) is 0 Å². The molecule has 4 unspecified atom stereocenters. The van der Waals surface area contributed by atoms with Gasteiger partial charge in [0, 0.05) is 19.4 Å². The highest BCUT2D eigenvalue weighted by Gasteiger charge is 2.59. The Morgan fingerprint density at radius 1 is 1.00 bits per heavy atom. The first kappa shape index (κ1) is 30.4. The Kier molecular flexibility index (Phi) is 10.1. The van der Waals surface area contributed by atoms with E-state index in [0.717, 1.165) is 67.6 Å². The van der Waals surface area contributed by atoms with E-state index in [1.165, 1.54) is 51.4 Å². The van der Waals surface area contributed by atoms with Gasteiger partial charge in [-0.05, 0) is 104 Å². The van der Waals surface area contributed by atoms with Crippen molar-refractivity contribution in [3.05, 3.63) is 11.6 Å². The number of hydrogen-bond donors (Lipinski definition) is 2. The minimum Gasteiger partial charge on any atom is -0.481 e. The number of amides is 1. The second-order valence-electron chi connectivity index (χ2n) is 14.7. The van der Waals surface area contributed by atoms with Gasteiger partial charge < -0.3 is 15.2 Å². The number of alkyl carbamates (subject to hydrolysis) is 1. The molecule has 0 bridgehead atoms. The molecule has 1 amide bonds. The number of carboxylic acids is 1. The number of carbonyl (C=O) groups excluding carboxylic acids is 1. The lowest BCUT2D eigenvalue weighted by molar-refractivity contribution is -0.137. The molecule has 5 heteroatoms. The van der Waals surface area contributed by atoms with Crippen LogP contribution in [-0.4, -0.2) is 29.8 Å². The number of rotatable bonds is 12. The molecule has 5 nitrogen and oxygen atoms in total. The van der Waals surface area contributed by atoms with Crippen molar-refractivity contribution in [1.82, 2.24) is 5.32 Å². The molecule has 0 aromatic rings. The van der Waals surface area contributed by atoms with Crippen molar-refractivity contribution in [2.75, 3.05) is 6.54 Å². The molecule has 3 saturated carbocycles. The van der Waals surface area contributed by atoms with Gasteiger partial charge in [-0.3, -0.25) is 4.79 Å². The van der Waals surface area contributed by atoms with Gasteiger partial charge in [0.1, 0.15) is 6.10 Å². The molecule has 3 fully saturated rings. The van der Waals surface area contributed by atoms with Crippen LogP contribution >= 0.6 is 0 Å². The van der Waals surface area contributed by atoms with Crippen LogP contribution in [0.15, 0.2) is 11.6 Å². The molecule has 0 aliphatic heterocycles. The summed E-state index contributed by atoms with van der Waals surface area (Å²) >= 11 is 0. The number of unbranched alkanes of at least 4 members (excludes halogenated alkanes) is 2. The summed E-state index contributed by atoms with van der Waals surface area (Å²) < 4.78 is 5.85. The predicted octanol–water partition coefficient (Wildman–Crippen LogP) is 8.77. The molecular formula is C34H57NO4. The van der Waals surface area contributed by atoms with Gasteiger partial charge in [-0.2, -0.15) is 0 Å². The Balaban J connectivity index is 1.30. The van der Waals surface area contributed by atoms with E-state index in [9.17, 15) is 9.59 Å². The summed E-state index contributed by atoms with van der Waals surface area (Å²) in [5, 5.41) is 11.6. The van der Waals surface area contributed by atoms with Gasteiger partial charge in [-0.15, -0.1) is 0 Å². The summed E-state index contributed by atoms with van der Waals surface area (Å²) in [7, 11) is 0. The molecule has 0 aromatic carbocycles.